The van der Waals surface area contributed by atoms with Gasteiger partial charge in [-0.05, 0) is 6.92 Å². The lowest BCUT2D eigenvalue weighted by Crippen LogP contribution is -2.25. The normalized spacial score (nSPS) is 13.8. The van der Waals surface area contributed by atoms with E-state index in [2.05, 4.69) is 36.4 Å². The molecule has 0 saturated carbocycles. The summed E-state index contributed by atoms with van der Waals surface area (Å²) >= 11 is 0. The molecule has 3 rings (SSSR count). The largest absolute Gasteiger partial charge is 0.313 e. The van der Waals surface area contributed by atoms with E-state index in [0.717, 1.165) is 15.9 Å². The predicted octanol–water partition coefficient (Wildman–Crippen LogP) is 5.02. The molecule has 5 heteroatoms. The molecule has 3 aromatic carbocycles. The van der Waals surface area contributed by atoms with Crippen molar-refractivity contribution in [1.82, 2.24) is 0 Å². The fourth-order valence-corrected chi connectivity index (χ4v) is 9.62. The van der Waals surface area contributed by atoms with Gasteiger partial charge in [-0.25, -0.2) is 4.52 Å². The van der Waals surface area contributed by atoms with Crippen LogP contribution in [0.15, 0.2) is 95.5 Å². The Hall–Kier alpha value is -1.92. The van der Waals surface area contributed by atoms with Crippen LogP contribution in [0.25, 0.3) is 0 Å². The van der Waals surface area contributed by atoms with Crippen LogP contribution >= 0.6 is 14.6 Å². The van der Waals surface area contributed by atoms with E-state index >= 15 is 0 Å². The van der Waals surface area contributed by atoms with E-state index in [1.807, 2.05) is 61.5 Å². The Bertz CT molecular complexity index is 838. The van der Waals surface area contributed by atoms with E-state index in [9.17, 15) is 4.57 Å². The Morgan fingerprint density at radius 2 is 1.08 bits per heavy atom. The van der Waals surface area contributed by atoms with Crippen molar-refractivity contribution in [3.63, 3.8) is 0 Å². The number of rotatable bonds is 6. The summed E-state index contributed by atoms with van der Waals surface area (Å²) in [6, 6.07) is 30.4. The summed E-state index contributed by atoms with van der Waals surface area (Å²) in [5.74, 6) is 0. The van der Waals surface area contributed by atoms with Crippen molar-refractivity contribution in [2.75, 3.05) is 13.3 Å². The van der Waals surface area contributed by atoms with E-state index in [1.165, 1.54) is 0 Å². The van der Waals surface area contributed by atoms with Gasteiger partial charge in [0.15, 0.2) is 0 Å². The molecule has 0 spiro atoms. The summed E-state index contributed by atoms with van der Waals surface area (Å²) in [6.45, 7) is 3.83. The smallest absolute Gasteiger partial charge is 0.311 e. The molecule has 0 aromatic heterocycles. The molecule has 1 atom stereocenters. The molecular formula is C21H23NO2P2. The highest BCUT2D eigenvalue weighted by Gasteiger charge is 2.31. The van der Waals surface area contributed by atoms with E-state index in [4.69, 9.17) is 9.04 Å². The minimum atomic E-state index is -3.14. The third-order valence-electron chi connectivity index (χ3n) is 4.05. The van der Waals surface area contributed by atoms with Crippen molar-refractivity contribution in [3.05, 3.63) is 91.0 Å². The van der Waals surface area contributed by atoms with Gasteiger partial charge in [-0.1, -0.05) is 91.0 Å². The van der Waals surface area contributed by atoms with Crippen LogP contribution in [0.3, 0.4) is 0 Å². The van der Waals surface area contributed by atoms with Gasteiger partial charge in [-0.2, -0.15) is 0 Å². The Morgan fingerprint density at radius 3 is 1.38 bits per heavy atom. The van der Waals surface area contributed by atoms with Crippen LogP contribution in [0.4, 0.5) is 0 Å². The highest BCUT2D eigenvalue weighted by atomic mass is 31.2. The van der Waals surface area contributed by atoms with E-state index < -0.39 is 14.6 Å². The maximum atomic E-state index is 13.2. The van der Waals surface area contributed by atoms with Gasteiger partial charge in [0.25, 0.3) is 0 Å². The quantitative estimate of drug-likeness (QED) is 0.561. The molecule has 0 N–H and O–H groups in total. The molecule has 0 aliphatic rings. The highest BCUT2D eigenvalue weighted by molar-refractivity contribution is 7.90. The highest BCUT2D eigenvalue weighted by Crippen LogP contribution is 2.58. The summed E-state index contributed by atoms with van der Waals surface area (Å²) in [5.41, 5.74) is 0. The molecule has 0 heterocycles. The van der Waals surface area contributed by atoms with Crippen molar-refractivity contribution in [2.24, 2.45) is 4.52 Å². The summed E-state index contributed by atoms with van der Waals surface area (Å²) in [7, 11) is -5.60. The van der Waals surface area contributed by atoms with Gasteiger partial charge in [0, 0.05) is 22.6 Å². The molecular weight excluding hydrogens is 360 g/mol. The number of hydrogen-bond acceptors (Lipinski definition) is 2. The lowest BCUT2D eigenvalue weighted by Gasteiger charge is -2.28. The second-order valence-corrected chi connectivity index (χ2v) is 11.4. The van der Waals surface area contributed by atoms with Crippen molar-refractivity contribution in [1.29, 1.82) is 0 Å². The molecule has 0 unspecified atom stereocenters. The van der Waals surface area contributed by atoms with Crippen molar-refractivity contribution in [2.45, 2.75) is 6.92 Å². The molecule has 134 valence electrons. The lowest BCUT2D eigenvalue weighted by atomic mass is 10.4. The first kappa shape index (κ1) is 18.9. The zero-order valence-electron chi connectivity index (χ0n) is 15.0. The standard InChI is InChI=1S/C21H23NO2P2/c1-3-24-25(2,23)22-26(19-13-7-4-8-14-19,20-15-9-5-10-16-20)21-17-11-6-12-18-21/h4-18H,3H2,1-2H3/t25-/m1/s1. The predicted molar refractivity (Wildman–Crippen MR) is 113 cm³/mol. The Balaban J connectivity index is 2.44. The summed E-state index contributed by atoms with van der Waals surface area (Å²) in [6.07, 6.45) is 0. The van der Waals surface area contributed by atoms with Crippen LogP contribution in [-0.4, -0.2) is 13.3 Å². The maximum Gasteiger partial charge on any atom is 0.311 e. The van der Waals surface area contributed by atoms with Crippen LogP contribution in [0.1, 0.15) is 6.92 Å². The molecule has 0 radical (unpaired) electrons. The zero-order chi connectivity index (χ0) is 18.5. The number of benzene rings is 3. The first-order valence-corrected chi connectivity index (χ1v) is 12.4. The molecule has 3 aromatic rings. The van der Waals surface area contributed by atoms with Gasteiger partial charge in [0.1, 0.15) is 0 Å². The van der Waals surface area contributed by atoms with Crippen LogP contribution in [-0.2, 0) is 9.09 Å². The second-order valence-electron chi connectivity index (χ2n) is 5.95. The number of nitrogens with zero attached hydrogens (tertiary/aromatic N) is 1. The van der Waals surface area contributed by atoms with Gasteiger partial charge in [0.2, 0.25) is 0 Å². The minimum absolute atomic E-state index is 0.371. The number of hydrogen-bond donors (Lipinski definition) is 0. The molecule has 0 bridgehead atoms. The first-order chi connectivity index (χ1) is 12.6. The third kappa shape index (κ3) is 3.91. The van der Waals surface area contributed by atoms with Crippen LogP contribution in [0.5, 0.6) is 0 Å². The van der Waals surface area contributed by atoms with Gasteiger partial charge in [-0.3, -0.25) is 4.57 Å². The Morgan fingerprint density at radius 1 is 0.731 bits per heavy atom. The molecule has 0 amide bonds. The second kappa shape index (κ2) is 8.18. The Labute approximate surface area is 155 Å². The minimum Gasteiger partial charge on any atom is -0.313 e. The summed E-state index contributed by atoms with van der Waals surface area (Å²) in [5, 5.41) is 3.21. The monoisotopic (exact) mass is 383 g/mol. The zero-order valence-corrected chi connectivity index (χ0v) is 16.8. The first-order valence-electron chi connectivity index (χ1n) is 8.61. The van der Waals surface area contributed by atoms with Crippen molar-refractivity contribution >= 4 is 30.5 Å². The topological polar surface area (TPSA) is 38.7 Å². The van der Waals surface area contributed by atoms with Gasteiger partial charge in [0.05, 0.1) is 13.7 Å². The Kier molecular flexibility index (Phi) is 5.94. The van der Waals surface area contributed by atoms with Gasteiger partial charge in [-0.15, -0.1) is 0 Å². The van der Waals surface area contributed by atoms with E-state index in [1.54, 1.807) is 6.66 Å². The van der Waals surface area contributed by atoms with Crippen molar-refractivity contribution in [3.8, 4) is 0 Å². The van der Waals surface area contributed by atoms with E-state index in [0.29, 0.717) is 6.61 Å². The third-order valence-corrected chi connectivity index (χ3v) is 10.3. The van der Waals surface area contributed by atoms with Crippen LogP contribution in [0, 0.1) is 0 Å². The van der Waals surface area contributed by atoms with Crippen LogP contribution < -0.4 is 15.9 Å². The molecule has 0 aliphatic carbocycles. The lowest BCUT2D eigenvalue weighted by molar-refractivity contribution is 0.338. The molecule has 0 fully saturated rings. The van der Waals surface area contributed by atoms with Gasteiger partial charge < -0.3 is 4.52 Å². The average Bonchev–Trinajstić information content (AvgIpc) is 2.68. The molecule has 3 nitrogen and oxygen atoms in total. The van der Waals surface area contributed by atoms with Crippen molar-refractivity contribution < 1.29 is 9.09 Å². The summed E-state index contributed by atoms with van der Waals surface area (Å²) in [4.78, 5) is 0. The summed E-state index contributed by atoms with van der Waals surface area (Å²) < 4.78 is 23.7. The van der Waals surface area contributed by atoms with E-state index in [-0.39, 0.29) is 0 Å². The fraction of sp³-hybridized carbons (Fsp3) is 0.143. The molecule has 0 saturated heterocycles. The molecule has 0 aliphatic heterocycles. The average molecular weight is 383 g/mol. The SMILES string of the molecule is CCO[P@@](C)(=O)N=P(c1ccccc1)(c1ccccc1)c1ccccc1. The van der Waals surface area contributed by atoms with Gasteiger partial charge >= 0.3 is 7.52 Å². The molecule has 26 heavy (non-hydrogen) atoms. The van der Waals surface area contributed by atoms with Crippen LogP contribution in [0.2, 0.25) is 0 Å². The fourth-order valence-electron chi connectivity index (χ4n) is 3.04. The maximum absolute atomic E-state index is 13.2.